The topological polar surface area (TPSA) is 63.1 Å². The number of halogens is 1. The Bertz CT molecular complexity index is 793. The SMILES string of the molecule is Cc1nn(C)c(C)c1CC(C)NC(=O)C1CCN(c2ccc(Cl)cn2)CC1. The molecule has 1 unspecified atom stereocenters. The van der Waals surface area contributed by atoms with Gasteiger partial charge in [0.1, 0.15) is 5.82 Å². The number of anilines is 1. The monoisotopic (exact) mass is 389 g/mol. The van der Waals surface area contributed by atoms with Crippen LogP contribution in [0.3, 0.4) is 0 Å². The van der Waals surface area contributed by atoms with E-state index in [1.807, 2.05) is 30.8 Å². The summed E-state index contributed by atoms with van der Waals surface area (Å²) in [6, 6.07) is 3.88. The van der Waals surface area contributed by atoms with Crippen LogP contribution in [-0.4, -0.2) is 39.8 Å². The number of rotatable bonds is 5. The standard InChI is InChI=1S/C20H28ClN5O/c1-13(11-18-14(2)24-25(4)15(18)3)23-20(27)16-7-9-26(10-8-16)19-6-5-17(21)12-22-19/h5-6,12-13,16H,7-11H2,1-4H3,(H,23,27). The summed E-state index contributed by atoms with van der Waals surface area (Å²) in [5.41, 5.74) is 3.44. The van der Waals surface area contributed by atoms with E-state index in [0.29, 0.717) is 5.02 Å². The van der Waals surface area contributed by atoms with Crippen LogP contribution in [0.25, 0.3) is 0 Å². The van der Waals surface area contributed by atoms with Crippen molar-refractivity contribution in [2.75, 3.05) is 18.0 Å². The van der Waals surface area contributed by atoms with E-state index in [2.05, 4.69) is 34.1 Å². The Labute approximate surface area is 165 Å². The van der Waals surface area contributed by atoms with Gasteiger partial charge in [-0.15, -0.1) is 0 Å². The van der Waals surface area contributed by atoms with Crippen LogP contribution in [0.15, 0.2) is 18.3 Å². The number of pyridine rings is 1. The highest BCUT2D eigenvalue weighted by atomic mass is 35.5. The lowest BCUT2D eigenvalue weighted by Crippen LogP contribution is -2.44. The molecule has 2 aromatic heterocycles. The van der Waals surface area contributed by atoms with Crippen molar-refractivity contribution in [2.24, 2.45) is 13.0 Å². The van der Waals surface area contributed by atoms with Gasteiger partial charge in [0.25, 0.3) is 0 Å². The molecule has 0 aromatic carbocycles. The van der Waals surface area contributed by atoms with Gasteiger partial charge in [0.15, 0.2) is 0 Å². The van der Waals surface area contributed by atoms with Crippen LogP contribution in [-0.2, 0) is 18.3 Å². The first-order valence-corrected chi connectivity index (χ1v) is 9.89. The van der Waals surface area contributed by atoms with Crippen molar-refractivity contribution in [1.29, 1.82) is 0 Å². The fourth-order valence-corrected chi connectivity index (χ4v) is 3.87. The van der Waals surface area contributed by atoms with Crippen molar-refractivity contribution >= 4 is 23.3 Å². The predicted molar refractivity (Wildman–Crippen MR) is 108 cm³/mol. The first-order valence-electron chi connectivity index (χ1n) is 9.51. The molecule has 0 saturated carbocycles. The van der Waals surface area contributed by atoms with Gasteiger partial charge in [0.2, 0.25) is 5.91 Å². The third kappa shape index (κ3) is 4.61. The van der Waals surface area contributed by atoms with Crippen molar-refractivity contribution in [3.63, 3.8) is 0 Å². The second kappa shape index (κ2) is 8.30. The molecule has 3 heterocycles. The van der Waals surface area contributed by atoms with Crippen molar-refractivity contribution in [3.05, 3.63) is 40.3 Å². The van der Waals surface area contributed by atoms with E-state index in [1.165, 1.54) is 5.56 Å². The molecule has 1 fully saturated rings. The average molecular weight is 390 g/mol. The summed E-state index contributed by atoms with van der Waals surface area (Å²) >= 11 is 5.90. The lowest BCUT2D eigenvalue weighted by molar-refractivity contribution is -0.126. The van der Waals surface area contributed by atoms with Crippen LogP contribution in [0.2, 0.25) is 5.02 Å². The van der Waals surface area contributed by atoms with Gasteiger partial charge in [-0.05, 0) is 57.7 Å². The Morgan fingerprint density at radius 2 is 2.04 bits per heavy atom. The van der Waals surface area contributed by atoms with Crippen molar-refractivity contribution in [2.45, 2.75) is 46.1 Å². The molecule has 1 N–H and O–H groups in total. The number of carbonyl (C=O) groups excluding carboxylic acids is 1. The number of nitrogens with zero attached hydrogens (tertiary/aromatic N) is 4. The summed E-state index contributed by atoms with van der Waals surface area (Å²) in [6.45, 7) is 7.84. The van der Waals surface area contributed by atoms with Crippen LogP contribution < -0.4 is 10.2 Å². The molecule has 3 rings (SSSR count). The van der Waals surface area contributed by atoms with Crippen molar-refractivity contribution < 1.29 is 4.79 Å². The first kappa shape index (κ1) is 19.7. The largest absolute Gasteiger partial charge is 0.357 e. The minimum atomic E-state index is 0.0621. The number of amides is 1. The molecule has 1 atom stereocenters. The van der Waals surface area contributed by atoms with Crippen molar-refractivity contribution in [1.82, 2.24) is 20.1 Å². The molecule has 1 amide bonds. The molecule has 1 aliphatic heterocycles. The Hall–Kier alpha value is -2.08. The zero-order valence-corrected chi connectivity index (χ0v) is 17.3. The minimum Gasteiger partial charge on any atom is -0.357 e. The van der Waals surface area contributed by atoms with Gasteiger partial charge in [0, 0.05) is 44.0 Å². The van der Waals surface area contributed by atoms with Gasteiger partial charge in [-0.25, -0.2) is 4.98 Å². The fourth-order valence-electron chi connectivity index (χ4n) is 3.76. The maximum atomic E-state index is 12.7. The molecular weight excluding hydrogens is 362 g/mol. The third-order valence-corrected chi connectivity index (χ3v) is 5.68. The summed E-state index contributed by atoms with van der Waals surface area (Å²) in [7, 11) is 1.96. The number of aryl methyl sites for hydroxylation is 2. The highest BCUT2D eigenvalue weighted by molar-refractivity contribution is 6.30. The van der Waals surface area contributed by atoms with Crippen LogP contribution in [0.4, 0.5) is 5.82 Å². The molecule has 0 spiro atoms. The summed E-state index contributed by atoms with van der Waals surface area (Å²) in [5, 5.41) is 8.30. The van der Waals surface area contributed by atoms with E-state index in [9.17, 15) is 4.79 Å². The lowest BCUT2D eigenvalue weighted by atomic mass is 9.95. The zero-order valence-electron chi connectivity index (χ0n) is 16.5. The number of aromatic nitrogens is 3. The van der Waals surface area contributed by atoms with Gasteiger partial charge < -0.3 is 10.2 Å². The number of hydrogen-bond donors (Lipinski definition) is 1. The van der Waals surface area contributed by atoms with Gasteiger partial charge in [0.05, 0.1) is 10.7 Å². The molecule has 1 aliphatic rings. The summed E-state index contributed by atoms with van der Waals surface area (Å²) in [5.74, 6) is 1.15. The summed E-state index contributed by atoms with van der Waals surface area (Å²) < 4.78 is 1.90. The molecule has 27 heavy (non-hydrogen) atoms. The summed E-state index contributed by atoms with van der Waals surface area (Å²) in [6.07, 6.45) is 4.16. The number of carbonyl (C=O) groups is 1. The second-order valence-electron chi connectivity index (χ2n) is 7.48. The molecule has 2 aromatic rings. The lowest BCUT2D eigenvalue weighted by Gasteiger charge is -2.32. The Balaban J connectivity index is 1.51. The number of piperidine rings is 1. The van der Waals surface area contributed by atoms with E-state index < -0.39 is 0 Å². The van der Waals surface area contributed by atoms with Gasteiger partial charge >= 0.3 is 0 Å². The van der Waals surface area contributed by atoms with E-state index >= 15 is 0 Å². The van der Waals surface area contributed by atoms with Crippen LogP contribution in [0.5, 0.6) is 0 Å². The molecule has 0 bridgehead atoms. The predicted octanol–water partition coefficient (Wildman–Crippen LogP) is 3.05. The molecule has 0 aliphatic carbocycles. The number of hydrogen-bond acceptors (Lipinski definition) is 4. The van der Waals surface area contributed by atoms with Gasteiger partial charge in [-0.1, -0.05) is 11.6 Å². The Kier molecular flexibility index (Phi) is 6.05. The maximum Gasteiger partial charge on any atom is 0.223 e. The van der Waals surface area contributed by atoms with Gasteiger partial charge in [-0.2, -0.15) is 5.10 Å². The second-order valence-corrected chi connectivity index (χ2v) is 7.92. The van der Waals surface area contributed by atoms with Crippen LogP contribution in [0, 0.1) is 19.8 Å². The van der Waals surface area contributed by atoms with Crippen LogP contribution >= 0.6 is 11.6 Å². The van der Waals surface area contributed by atoms with E-state index in [1.54, 1.807) is 6.20 Å². The smallest absolute Gasteiger partial charge is 0.223 e. The van der Waals surface area contributed by atoms with E-state index in [0.717, 1.165) is 49.6 Å². The highest BCUT2D eigenvalue weighted by Gasteiger charge is 2.26. The molecule has 6 nitrogen and oxygen atoms in total. The third-order valence-electron chi connectivity index (χ3n) is 5.46. The maximum absolute atomic E-state index is 12.7. The molecule has 1 saturated heterocycles. The quantitative estimate of drug-likeness (QED) is 0.853. The molecular formula is C20H28ClN5O. The van der Waals surface area contributed by atoms with Crippen LogP contribution in [0.1, 0.15) is 36.7 Å². The Morgan fingerprint density at radius 1 is 1.33 bits per heavy atom. The van der Waals surface area contributed by atoms with Gasteiger partial charge in [-0.3, -0.25) is 9.48 Å². The zero-order chi connectivity index (χ0) is 19.6. The summed E-state index contributed by atoms with van der Waals surface area (Å²) in [4.78, 5) is 19.3. The van der Waals surface area contributed by atoms with Crippen molar-refractivity contribution in [3.8, 4) is 0 Å². The normalized spacial score (nSPS) is 16.4. The minimum absolute atomic E-state index is 0.0621. The highest BCUT2D eigenvalue weighted by Crippen LogP contribution is 2.23. The number of nitrogens with one attached hydrogen (secondary N) is 1. The molecule has 7 heteroatoms. The fraction of sp³-hybridized carbons (Fsp3) is 0.550. The van der Waals surface area contributed by atoms with E-state index in [-0.39, 0.29) is 17.9 Å². The average Bonchev–Trinajstić information content (AvgIpc) is 2.88. The molecule has 146 valence electrons. The Morgan fingerprint density at radius 3 is 2.59 bits per heavy atom. The first-order chi connectivity index (χ1) is 12.8. The van der Waals surface area contributed by atoms with E-state index in [4.69, 9.17) is 11.6 Å². The molecule has 0 radical (unpaired) electrons.